The Kier molecular flexibility index (Phi) is 5.83. The largest absolute Gasteiger partial charge is 0.364 e. The van der Waals surface area contributed by atoms with Gasteiger partial charge in [0, 0.05) is 17.3 Å². The molecule has 0 radical (unpaired) electrons. The van der Waals surface area contributed by atoms with Crippen LogP contribution in [-0.2, 0) is 0 Å². The van der Waals surface area contributed by atoms with Crippen molar-refractivity contribution in [2.75, 3.05) is 17.7 Å². The van der Waals surface area contributed by atoms with Gasteiger partial charge in [-0.25, -0.2) is 14.6 Å². The number of hydrogen-bond donors (Lipinski definition) is 4. The van der Waals surface area contributed by atoms with Crippen LogP contribution in [0.5, 0.6) is 0 Å². The number of nitrogens with two attached hydrogens (primary N) is 2. The van der Waals surface area contributed by atoms with Crippen molar-refractivity contribution in [2.24, 2.45) is 5.73 Å². The van der Waals surface area contributed by atoms with E-state index in [-0.39, 0.29) is 23.5 Å². The summed E-state index contributed by atoms with van der Waals surface area (Å²) in [5, 5.41) is 15.0. The number of nitrogens with one attached hydrogen (secondary N) is 2. The summed E-state index contributed by atoms with van der Waals surface area (Å²) in [6, 6.07) is 11.6. The second-order valence-electron chi connectivity index (χ2n) is 7.48. The van der Waals surface area contributed by atoms with E-state index in [1.54, 1.807) is 30.3 Å². The molecule has 4 rings (SSSR count). The number of imidazole rings is 1. The smallest absolute Gasteiger partial charge is 0.269 e. The van der Waals surface area contributed by atoms with Crippen LogP contribution >= 0.6 is 0 Å². The van der Waals surface area contributed by atoms with Gasteiger partial charge in [-0.15, -0.1) is 0 Å². The molecule has 3 aromatic rings. The van der Waals surface area contributed by atoms with Crippen molar-refractivity contribution in [3.8, 4) is 17.3 Å². The van der Waals surface area contributed by atoms with E-state index < -0.39 is 5.91 Å². The predicted octanol–water partition coefficient (Wildman–Crippen LogP) is 1.70. The Morgan fingerprint density at radius 3 is 2.66 bits per heavy atom. The molecule has 0 aliphatic carbocycles. The molecule has 10 nitrogen and oxygen atoms in total. The Morgan fingerprint density at radius 1 is 1.22 bits per heavy atom. The molecular weight excluding hydrogens is 408 g/mol. The molecule has 1 saturated heterocycles. The van der Waals surface area contributed by atoms with Crippen LogP contribution in [0.2, 0.25) is 0 Å². The zero-order chi connectivity index (χ0) is 22.7. The van der Waals surface area contributed by atoms with Crippen molar-refractivity contribution in [3.63, 3.8) is 0 Å². The summed E-state index contributed by atoms with van der Waals surface area (Å²) < 4.78 is 1.26. The van der Waals surface area contributed by atoms with E-state index in [4.69, 9.17) is 16.8 Å². The van der Waals surface area contributed by atoms with Gasteiger partial charge in [0.2, 0.25) is 0 Å². The molecule has 3 heterocycles. The lowest BCUT2D eigenvalue weighted by Gasteiger charge is -2.22. The van der Waals surface area contributed by atoms with Crippen molar-refractivity contribution in [3.05, 3.63) is 65.2 Å². The van der Waals surface area contributed by atoms with Gasteiger partial charge in [0.05, 0.1) is 17.7 Å². The molecule has 2 aromatic heterocycles. The number of piperidine rings is 1. The van der Waals surface area contributed by atoms with E-state index in [1.807, 2.05) is 6.07 Å². The highest BCUT2D eigenvalue weighted by Crippen LogP contribution is 2.29. The van der Waals surface area contributed by atoms with E-state index >= 15 is 0 Å². The molecule has 1 unspecified atom stereocenters. The Balaban J connectivity index is 1.60. The maximum Gasteiger partial charge on any atom is 0.269 e. The maximum atomic E-state index is 12.5. The van der Waals surface area contributed by atoms with Gasteiger partial charge in [0.1, 0.15) is 17.3 Å². The van der Waals surface area contributed by atoms with Crippen molar-refractivity contribution in [1.29, 1.82) is 5.26 Å². The summed E-state index contributed by atoms with van der Waals surface area (Å²) in [4.78, 5) is 33.3. The van der Waals surface area contributed by atoms with Crippen molar-refractivity contribution >= 4 is 17.6 Å². The molecule has 0 bridgehead atoms. The fourth-order valence-electron chi connectivity index (χ4n) is 3.74. The summed E-state index contributed by atoms with van der Waals surface area (Å²) in [6.07, 6.45) is 4.44. The van der Waals surface area contributed by atoms with Crippen LogP contribution in [-0.4, -0.2) is 33.0 Å². The van der Waals surface area contributed by atoms with Crippen molar-refractivity contribution in [1.82, 2.24) is 20.0 Å². The molecule has 10 heteroatoms. The number of nitriles is 1. The van der Waals surface area contributed by atoms with E-state index in [0.29, 0.717) is 28.2 Å². The van der Waals surface area contributed by atoms with Crippen LogP contribution in [0.3, 0.4) is 0 Å². The first kappa shape index (κ1) is 21.0. The van der Waals surface area contributed by atoms with Crippen LogP contribution in [0.4, 0.5) is 5.82 Å². The minimum absolute atomic E-state index is 0.0534. The number of nitrogen functional groups attached to an aromatic ring is 1. The summed E-state index contributed by atoms with van der Waals surface area (Å²) in [5.74, 6) is 5.95. The maximum absolute atomic E-state index is 12.5. The van der Waals surface area contributed by atoms with Crippen molar-refractivity contribution < 1.29 is 9.59 Å². The van der Waals surface area contributed by atoms with Gasteiger partial charge < -0.3 is 22.2 Å². The Hall–Kier alpha value is -4.23. The predicted molar refractivity (Wildman–Crippen MR) is 118 cm³/mol. The second kappa shape index (κ2) is 8.87. The molecule has 162 valence electrons. The van der Waals surface area contributed by atoms with E-state index in [9.17, 15) is 9.59 Å². The van der Waals surface area contributed by atoms with E-state index in [0.717, 1.165) is 25.8 Å². The minimum atomic E-state index is -0.678. The number of anilines is 1. The summed E-state index contributed by atoms with van der Waals surface area (Å²) in [5.41, 5.74) is 7.46. The summed E-state index contributed by atoms with van der Waals surface area (Å²) in [7, 11) is 0. The number of benzene rings is 1. The number of rotatable bonds is 5. The summed E-state index contributed by atoms with van der Waals surface area (Å²) in [6.45, 7) is 0.856. The first-order valence-corrected chi connectivity index (χ1v) is 10.2. The second-order valence-corrected chi connectivity index (χ2v) is 7.48. The van der Waals surface area contributed by atoms with Crippen LogP contribution in [0.1, 0.15) is 57.5 Å². The molecule has 1 aliphatic heterocycles. The minimum Gasteiger partial charge on any atom is -0.364 e. The number of aromatic nitrogens is 3. The van der Waals surface area contributed by atoms with Crippen LogP contribution in [0, 0.1) is 11.3 Å². The zero-order valence-electron chi connectivity index (χ0n) is 17.2. The molecule has 6 N–H and O–H groups in total. The number of amides is 2. The lowest BCUT2D eigenvalue weighted by molar-refractivity contribution is 0.0991. The lowest BCUT2D eigenvalue weighted by Crippen LogP contribution is -2.32. The average molecular weight is 430 g/mol. The third-order valence-corrected chi connectivity index (χ3v) is 5.34. The first-order chi connectivity index (χ1) is 15.5. The normalized spacial score (nSPS) is 15.7. The molecule has 0 saturated carbocycles. The number of nitrogens with zero attached hydrogens (tertiary/aromatic N) is 4. The molecular formula is C22H22N8O2. The number of carbonyl (C=O) groups is 2. The Labute approximate surface area is 184 Å². The van der Waals surface area contributed by atoms with Gasteiger partial charge in [-0.2, -0.15) is 5.26 Å². The molecule has 2 amide bonds. The SMILES string of the molecule is N#Cc1ccnc(NC(=O)c2ccc(-c3nc(C4CCCCN4)n(N)c3C(N)=O)cc2)c1. The van der Waals surface area contributed by atoms with Crippen LogP contribution in [0.15, 0.2) is 42.6 Å². The van der Waals surface area contributed by atoms with Gasteiger partial charge in [-0.3, -0.25) is 9.59 Å². The van der Waals surface area contributed by atoms with Gasteiger partial charge >= 0.3 is 0 Å². The van der Waals surface area contributed by atoms with Crippen LogP contribution < -0.4 is 22.2 Å². The zero-order valence-corrected chi connectivity index (χ0v) is 17.2. The fourth-order valence-corrected chi connectivity index (χ4v) is 3.74. The summed E-state index contributed by atoms with van der Waals surface area (Å²) >= 11 is 0. The van der Waals surface area contributed by atoms with Gasteiger partial charge in [0.15, 0.2) is 5.69 Å². The molecule has 0 spiro atoms. The Bertz CT molecular complexity index is 1200. The number of hydrogen-bond acceptors (Lipinski definition) is 7. The quantitative estimate of drug-likeness (QED) is 0.447. The number of carbonyl (C=O) groups excluding carboxylic acids is 2. The highest BCUT2D eigenvalue weighted by Gasteiger charge is 2.27. The van der Waals surface area contributed by atoms with Gasteiger partial charge in [0.25, 0.3) is 11.8 Å². The third-order valence-electron chi connectivity index (χ3n) is 5.34. The Morgan fingerprint density at radius 2 is 2.00 bits per heavy atom. The monoisotopic (exact) mass is 430 g/mol. The van der Waals surface area contributed by atoms with Gasteiger partial charge in [-0.05, 0) is 43.7 Å². The topological polar surface area (TPSA) is 165 Å². The molecule has 32 heavy (non-hydrogen) atoms. The number of primary amides is 1. The van der Waals surface area contributed by atoms with Gasteiger partial charge in [-0.1, -0.05) is 18.6 Å². The van der Waals surface area contributed by atoms with E-state index in [1.165, 1.54) is 16.9 Å². The average Bonchev–Trinajstić information content (AvgIpc) is 3.17. The third kappa shape index (κ3) is 4.14. The molecule has 1 fully saturated rings. The van der Waals surface area contributed by atoms with Crippen LogP contribution in [0.25, 0.3) is 11.3 Å². The molecule has 1 atom stereocenters. The van der Waals surface area contributed by atoms with Crippen molar-refractivity contribution in [2.45, 2.75) is 25.3 Å². The lowest BCUT2D eigenvalue weighted by atomic mass is 10.0. The first-order valence-electron chi connectivity index (χ1n) is 10.2. The highest BCUT2D eigenvalue weighted by atomic mass is 16.2. The van der Waals surface area contributed by atoms with E-state index in [2.05, 4.69) is 20.6 Å². The fraction of sp³-hybridized carbons (Fsp3) is 0.227. The highest BCUT2D eigenvalue weighted by molar-refractivity contribution is 6.04. The standard InChI is InChI=1S/C22H22N8O2/c23-12-13-8-10-27-17(11-13)28-22(32)15-6-4-14(5-7-15)18-19(20(24)31)30(25)21(29-18)16-3-1-2-9-26-16/h4-8,10-11,16,26H,1-3,9,25H2,(H2,24,31)(H,27,28,32). The molecule has 1 aromatic carbocycles. The molecule has 1 aliphatic rings. The number of pyridine rings is 1.